The molecule has 0 aromatic heterocycles. The third-order valence-corrected chi connectivity index (χ3v) is 8.70. The highest BCUT2D eigenvalue weighted by atomic mass is 28.4. The van der Waals surface area contributed by atoms with Crippen molar-refractivity contribution in [2.45, 2.75) is 106 Å². The first-order chi connectivity index (χ1) is 14.6. The first-order valence-electron chi connectivity index (χ1n) is 12.3. The predicted molar refractivity (Wildman–Crippen MR) is 133 cm³/mol. The summed E-state index contributed by atoms with van der Waals surface area (Å²) in [4.78, 5) is 0. The Morgan fingerprint density at radius 3 is 1.68 bits per heavy atom. The van der Waals surface area contributed by atoms with Crippen LogP contribution in [0.2, 0.25) is 0 Å². The second kappa shape index (κ2) is 13.0. The summed E-state index contributed by atoms with van der Waals surface area (Å²) in [5, 5.41) is 1.04. The van der Waals surface area contributed by atoms with Crippen LogP contribution < -0.4 is 9.92 Å². The van der Waals surface area contributed by atoms with E-state index in [2.05, 4.69) is 80.5 Å². The van der Waals surface area contributed by atoms with E-state index in [1.54, 1.807) is 0 Å². The lowest BCUT2D eigenvalue weighted by Gasteiger charge is -2.36. The molecule has 0 atom stereocenters. The lowest BCUT2D eigenvalue weighted by molar-refractivity contribution is 0.0693. The van der Waals surface area contributed by atoms with Crippen molar-refractivity contribution in [2.75, 3.05) is 19.8 Å². The molecule has 0 saturated carbocycles. The third-order valence-electron chi connectivity index (χ3n) is 5.77. The summed E-state index contributed by atoms with van der Waals surface area (Å²) in [7, 11) is -3.17. The standard InChI is InChI=1S/C26H48O4Si/c1-10-18-27-31(28-19-11-2,29-20-12-3)24-22(21-25(6,7)13-4)16-15-17-23(24)30-26(8,9)14-5/h15-17H,10-14,18-21H2,1-9H3. The summed E-state index contributed by atoms with van der Waals surface area (Å²) in [6.45, 7) is 21.5. The largest absolute Gasteiger partial charge is 0.541 e. The first-order valence-corrected chi connectivity index (χ1v) is 14.1. The molecule has 31 heavy (non-hydrogen) atoms. The summed E-state index contributed by atoms with van der Waals surface area (Å²) in [6.07, 6.45) is 5.68. The van der Waals surface area contributed by atoms with Gasteiger partial charge in [-0.25, -0.2) is 0 Å². The minimum absolute atomic E-state index is 0.161. The Hall–Kier alpha value is -0.883. The Morgan fingerprint density at radius 2 is 1.26 bits per heavy atom. The molecule has 0 aliphatic rings. The van der Waals surface area contributed by atoms with Crippen LogP contribution in [-0.2, 0) is 19.7 Å². The molecular formula is C26H48O4Si. The smallest absolute Gasteiger partial charge is 0.488 e. The van der Waals surface area contributed by atoms with Crippen molar-refractivity contribution in [1.82, 2.24) is 0 Å². The zero-order valence-corrected chi connectivity index (χ0v) is 22.7. The molecule has 0 amide bonds. The van der Waals surface area contributed by atoms with Gasteiger partial charge in [-0.15, -0.1) is 0 Å². The Labute approximate surface area is 193 Å². The molecule has 0 N–H and O–H groups in total. The highest BCUT2D eigenvalue weighted by molar-refractivity contribution is 6.76. The molecule has 1 aromatic carbocycles. The molecule has 180 valence electrons. The molecule has 0 spiro atoms. The molecule has 1 aromatic rings. The monoisotopic (exact) mass is 452 g/mol. The SMILES string of the molecule is CCCO[Si](OCCC)(OCCC)c1c(CC(C)(C)CC)cccc1OC(C)(C)CC. The highest BCUT2D eigenvalue weighted by Gasteiger charge is 2.49. The maximum Gasteiger partial charge on any atom is 0.541 e. The summed E-state index contributed by atoms with van der Waals surface area (Å²) in [5.41, 5.74) is 1.11. The van der Waals surface area contributed by atoms with Crippen molar-refractivity contribution >= 4 is 14.0 Å². The van der Waals surface area contributed by atoms with Gasteiger partial charge in [-0.3, -0.25) is 0 Å². The normalized spacial score (nSPS) is 12.9. The third kappa shape index (κ3) is 8.52. The molecule has 0 fully saturated rings. The van der Waals surface area contributed by atoms with E-state index in [0.717, 1.165) is 49.5 Å². The molecule has 0 unspecified atom stereocenters. The van der Waals surface area contributed by atoms with Crippen LogP contribution in [0, 0.1) is 5.41 Å². The maximum atomic E-state index is 6.61. The Balaban J connectivity index is 3.74. The van der Waals surface area contributed by atoms with Gasteiger partial charge >= 0.3 is 8.80 Å². The van der Waals surface area contributed by atoms with Gasteiger partial charge < -0.3 is 18.0 Å². The van der Waals surface area contributed by atoms with E-state index in [0.29, 0.717) is 19.8 Å². The molecular weight excluding hydrogens is 404 g/mol. The topological polar surface area (TPSA) is 36.9 Å². The van der Waals surface area contributed by atoms with E-state index in [9.17, 15) is 0 Å². The molecule has 0 saturated heterocycles. The van der Waals surface area contributed by atoms with Gasteiger partial charge in [0.05, 0.1) is 5.19 Å². The van der Waals surface area contributed by atoms with Crippen molar-refractivity contribution in [1.29, 1.82) is 0 Å². The zero-order chi connectivity index (χ0) is 23.5. The van der Waals surface area contributed by atoms with Crippen LogP contribution in [0.1, 0.15) is 100.0 Å². The number of rotatable bonds is 16. The van der Waals surface area contributed by atoms with Gasteiger partial charge in [0.25, 0.3) is 0 Å². The number of ether oxygens (including phenoxy) is 1. The zero-order valence-electron chi connectivity index (χ0n) is 21.7. The summed E-state index contributed by atoms with van der Waals surface area (Å²) >= 11 is 0. The summed E-state index contributed by atoms with van der Waals surface area (Å²) < 4.78 is 26.3. The highest BCUT2D eigenvalue weighted by Crippen LogP contribution is 2.31. The Kier molecular flexibility index (Phi) is 11.8. The molecule has 0 aliphatic heterocycles. The van der Waals surface area contributed by atoms with Crippen LogP contribution in [0.25, 0.3) is 0 Å². The van der Waals surface area contributed by atoms with Crippen molar-refractivity contribution < 1.29 is 18.0 Å². The molecule has 0 bridgehead atoms. The molecule has 5 heteroatoms. The van der Waals surface area contributed by atoms with Gasteiger partial charge in [0.15, 0.2) is 0 Å². The van der Waals surface area contributed by atoms with Crippen LogP contribution in [0.4, 0.5) is 0 Å². The van der Waals surface area contributed by atoms with Crippen LogP contribution >= 0.6 is 0 Å². The Morgan fingerprint density at radius 1 is 0.742 bits per heavy atom. The van der Waals surface area contributed by atoms with Crippen molar-refractivity contribution in [2.24, 2.45) is 5.41 Å². The van der Waals surface area contributed by atoms with E-state index in [4.69, 9.17) is 18.0 Å². The van der Waals surface area contributed by atoms with Gasteiger partial charge in [-0.05, 0) is 63.0 Å². The minimum atomic E-state index is -3.17. The van der Waals surface area contributed by atoms with E-state index in [-0.39, 0.29) is 11.0 Å². The maximum absolute atomic E-state index is 6.61. The molecule has 0 heterocycles. The van der Waals surface area contributed by atoms with Crippen molar-refractivity contribution in [3.63, 3.8) is 0 Å². The van der Waals surface area contributed by atoms with Gasteiger partial charge in [-0.2, -0.15) is 0 Å². The van der Waals surface area contributed by atoms with Gasteiger partial charge in [0.2, 0.25) is 0 Å². The lowest BCUT2D eigenvalue weighted by Crippen LogP contribution is -2.59. The van der Waals surface area contributed by atoms with E-state index in [1.165, 1.54) is 5.56 Å². The average Bonchev–Trinajstić information content (AvgIpc) is 2.73. The van der Waals surface area contributed by atoms with Crippen LogP contribution in [-0.4, -0.2) is 34.2 Å². The fourth-order valence-electron chi connectivity index (χ4n) is 3.22. The summed E-state index contributed by atoms with van der Waals surface area (Å²) in [6, 6.07) is 6.38. The van der Waals surface area contributed by atoms with Gasteiger partial charge in [-0.1, -0.05) is 67.0 Å². The molecule has 1 rings (SSSR count). The van der Waals surface area contributed by atoms with E-state index >= 15 is 0 Å². The van der Waals surface area contributed by atoms with E-state index < -0.39 is 8.80 Å². The molecule has 0 radical (unpaired) electrons. The molecule has 0 aliphatic carbocycles. The lowest BCUT2D eigenvalue weighted by atomic mass is 9.83. The van der Waals surface area contributed by atoms with Crippen LogP contribution in [0.3, 0.4) is 0 Å². The fourth-order valence-corrected chi connectivity index (χ4v) is 6.32. The number of hydrogen-bond donors (Lipinski definition) is 0. The second-order valence-corrected chi connectivity index (χ2v) is 12.3. The van der Waals surface area contributed by atoms with Crippen molar-refractivity contribution in [3.05, 3.63) is 23.8 Å². The quantitative estimate of drug-likeness (QED) is 0.263. The van der Waals surface area contributed by atoms with E-state index in [1.807, 2.05) is 0 Å². The fraction of sp³-hybridized carbons (Fsp3) is 0.769. The van der Waals surface area contributed by atoms with Gasteiger partial charge in [0.1, 0.15) is 11.4 Å². The second-order valence-electron chi connectivity index (χ2n) is 9.80. The summed E-state index contributed by atoms with van der Waals surface area (Å²) in [5.74, 6) is 0.853. The predicted octanol–water partition coefficient (Wildman–Crippen LogP) is 6.66. The van der Waals surface area contributed by atoms with Crippen molar-refractivity contribution in [3.8, 4) is 5.75 Å². The van der Waals surface area contributed by atoms with Gasteiger partial charge in [0, 0.05) is 19.8 Å². The molecule has 4 nitrogen and oxygen atoms in total. The Bertz CT molecular complexity index is 584. The van der Waals surface area contributed by atoms with Crippen LogP contribution in [0.15, 0.2) is 18.2 Å². The van der Waals surface area contributed by atoms with Crippen LogP contribution in [0.5, 0.6) is 5.75 Å². The number of hydrogen-bond acceptors (Lipinski definition) is 4. The first kappa shape index (κ1) is 28.2. The average molecular weight is 453 g/mol. The number of benzene rings is 1. The minimum Gasteiger partial charge on any atom is -0.488 e.